The third-order valence-electron chi connectivity index (χ3n) is 7.04. The van der Waals surface area contributed by atoms with Gasteiger partial charge in [-0.05, 0) is 67.3 Å². The van der Waals surface area contributed by atoms with E-state index in [9.17, 15) is 9.90 Å². The van der Waals surface area contributed by atoms with Gasteiger partial charge in [0, 0.05) is 48.8 Å². The number of nitrogens with zero attached hydrogens (tertiary/aromatic N) is 2. The largest absolute Gasteiger partial charge is 0.497 e. The summed E-state index contributed by atoms with van der Waals surface area (Å²) in [4.78, 5) is 17.5. The Bertz CT molecular complexity index is 1040. The Morgan fingerprint density at radius 3 is 2.49 bits per heavy atom. The van der Waals surface area contributed by atoms with E-state index in [1.807, 2.05) is 29.2 Å². The smallest absolute Gasteiger partial charge is 0.321 e. The molecule has 6 heteroatoms. The first-order valence-corrected chi connectivity index (χ1v) is 12.7. The van der Waals surface area contributed by atoms with Gasteiger partial charge in [-0.2, -0.15) is 0 Å². The fourth-order valence-electron chi connectivity index (χ4n) is 5.15. The second-order valence-electron chi connectivity index (χ2n) is 9.91. The number of urea groups is 1. The topological polar surface area (TPSA) is 65.0 Å². The molecule has 0 spiro atoms. The number of fused-ring (bicyclic) bond motifs is 1. The summed E-state index contributed by atoms with van der Waals surface area (Å²) < 4.78 is 5.21. The summed E-state index contributed by atoms with van der Waals surface area (Å²) in [6, 6.07) is 16.0. The highest BCUT2D eigenvalue weighted by Gasteiger charge is 2.49. The molecular weight excluding hydrogens is 438 g/mol. The van der Waals surface area contributed by atoms with Crippen molar-refractivity contribution in [2.75, 3.05) is 38.7 Å². The van der Waals surface area contributed by atoms with Gasteiger partial charge in [-0.25, -0.2) is 4.79 Å². The highest BCUT2D eigenvalue weighted by molar-refractivity contribution is 5.89. The predicted octanol–water partition coefficient (Wildman–Crippen LogP) is 4.55. The minimum absolute atomic E-state index is 0.0843. The van der Waals surface area contributed by atoms with Crippen molar-refractivity contribution >= 4 is 11.7 Å². The molecule has 2 aromatic rings. The number of hydrogen-bond donors (Lipinski definition) is 2. The van der Waals surface area contributed by atoms with Crippen molar-refractivity contribution in [1.82, 2.24) is 9.80 Å². The molecule has 2 N–H and O–H groups in total. The molecule has 6 nitrogen and oxygen atoms in total. The standard InChI is InChI=1S/C29H37N3O3/c1-21(2)7-6-8-22-9-11-23(12-10-22)28-26-19-31(17-4-5-18-32(26)27(28)20-33)29(34)30-24-13-15-25(35-3)16-14-24/h9-16,21,26-28,33H,4-5,7,17-20H2,1-3H3,(H,30,34)/t26-,27-,28-/m1/s1. The van der Waals surface area contributed by atoms with E-state index in [4.69, 9.17) is 4.74 Å². The van der Waals surface area contributed by atoms with Crippen molar-refractivity contribution in [2.45, 2.75) is 51.1 Å². The maximum atomic E-state index is 13.2. The lowest BCUT2D eigenvalue weighted by Crippen LogP contribution is -2.68. The summed E-state index contributed by atoms with van der Waals surface area (Å²) in [7, 11) is 1.63. The van der Waals surface area contributed by atoms with Crippen LogP contribution in [0.1, 0.15) is 50.2 Å². The molecule has 0 saturated carbocycles. The van der Waals surface area contributed by atoms with E-state index in [-0.39, 0.29) is 30.6 Å². The molecule has 2 amide bonds. The number of carbonyl (C=O) groups excluding carboxylic acids is 1. The van der Waals surface area contributed by atoms with E-state index in [0.717, 1.165) is 49.4 Å². The molecular formula is C29H37N3O3. The van der Waals surface area contributed by atoms with Crippen LogP contribution in [-0.4, -0.2) is 66.4 Å². The van der Waals surface area contributed by atoms with Crippen LogP contribution in [0.4, 0.5) is 10.5 Å². The van der Waals surface area contributed by atoms with Crippen molar-refractivity contribution in [2.24, 2.45) is 5.92 Å². The fraction of sp³-hybridized carbons (Fsp3) is 0.483. The number of hydrogen-bond acceptors (Lipinski definition) is 4. The number of aliphatic hydroxyl groups is 1. The van der Waals surface area contributed by atoms with Crippen molar-refractivity contribution < 1.29 is 14.6 Å². The summed E-state index contributed by atoms with van der Waals surface area (Å²) >= 11 is 0. The molecule has 0 aliphatic carbocycles. The van der Waals surface area contributed by atoms with Crippen molar-refractivity contribution in [3.63, 3.8) is 0 Å². The number of amides is 2. The SMILES string of the molecule is COc1ccc(NC(=O)N2CCCCN3[C@H](CO)[C@H](c4ccc(C#CCC(C)C)cc4)[C@H]3C2)cc1. The molecule has 2 saturated heterocycles. The van der Waals surface area contributed by atoms with Gasteiger partial charge in [0.15, 0.2) is 0 Å². The van der Waals surface area contributed by atoms with Gasteiger partial charge in [0.25, 0.3) is 0 Å². The number of anilines is 1. The molecule has 0 unspecified atom stereocenters. The number of methoxy groups -OCH3 is 1. The molecule has 186 valence electrons. The molecule has 0 radical (unpaired) electrons. The minimum atomic E-state index is -0.0843. The average molecular weight is 476 g/mol. The van der Waals surface area contributed by atoms with Crippen LogP contribution in [0.5, 0.6) is 5.75 Å². The number of carbonyl (C=O) groups is 1. The Morgan fingerprint density at radius 1 is 1.11 bits per heavy atom. The third-order valence-corrected chi connectivity index (χ3v) is 7.04. The van der Waals surface area contributed by atoms with E-state index >= 15 is 0 Å². The van der Waals surface area contributed by atoms with Crippen LogP contribution in [0.25, 0.3) is 0 Å². The maximum Gasteiger partial charge on any atom is 0.321 e. The molecule has 2 aliphatic rings. The van der Waals surface area contributed by atoms with Gasteiger partial charge in [0.1, 0.15) is 5.75 Å². The van der Waals surface area contributed by atoms with E-state index in [0.29, 0.717) is 12.5 Å². The van der Waals surface area contributed by atoms with Gasteiger partial charge in [-0.1, -0.05) is 37.8 Å². The molecule has 2 aromatic carbocycles. The normalized spacial score (nSPS) is 22.2. The second-order valence-corrected chi connectivity index (χ2v) is 9.91. The summed E-state index contributed by atoms with van der Waals surface area (Å²) in [5.41, 5.74) is 2.97. The Morgan fingerprint density at radius 2 is 1.83 bits per heavy atom. The summed E-state index contributed by atoms with van der Waals surface area (Å²) in [5, 5.41) is 13.2. The van der Waals surface area contributed by atoms with Crippen LogP contribution >= 0.6 is 0 Å². The highest BCUT2D eigenvalue weighted by atomic mass is 16.5. The van der Waals surface area contributed by atoms with Crippen molar-refractivity contribution in [3.8, 4) is 17.6 Å². The van der Waals surface area contributed by atoms with E-state index in [1.165, 1.54) is 5.56 Å². The van der Waals surface area contributed by atoms with Crippen molar-refractivity contribution in [1.29, 1.82) is 0 Å². The lowest BCUT2D eigenvalue weighted by atomic mass is 9.74. The first-order valence-electron chi connectivity index (χ1n) is 12.7. The monoisotopic (exact) mass is 475 g/mol. The first-order chi connectivity index (χ1) is 17.0. The van der Waals surface area contributed by atoms with Crippen LogP contribution in [0.15, 0.2) is 48.5 Å². The van der Waals surface area contributed by atoms with Crippen LogP contribution in [-0.2, 0) is 0 Å². The van der Waals surface area contributed by atoms with Gasteiger partial charge in [-0.15, -0.1) is 0 Å². The van der Waals surface area contributed by atoms with Gasteiger partial charge < -0.3 is 20.1 Å². The maximum absolute atomic E-state index is 13.2. The number of benzene rings is 2. The van der Waals surface area contributed by atoms with Gasteiger partial charge in [0.05, 0.1) is 13.7 Å². The van der Waals surface area contributed by atoms with Crippen LogP contribution in [0.3, 0.4) is 0 Å². The lowest BCUT2D eigenvalue weighted by molar-refractivity contribution is -0.0585. The zero-order valence-electron chi connectivity index (χ0n) is 21.0. The summed E-state index contributed by atoms with van der Waals surface area (Å²) in [5.74, 6) is 8.01. The molecule has 2 aliphatic heterocycles. The van der Waals surface area contributed by atoms with E-state index in [2.05, 4.69) is 60.2 Å². The molecule has 2 heterocycles. The zero-order valence-corrected chi connectivity index (χ0v) is 21.0. The quantitative estimate of drug-likeness (QED) is 0.623. The minimum Gasteiger partial charge on any atom is -0.497 e. The molecule has 35 heavy (non-hydrogen) atoms. The Labute approximate surface area is 209 Å². The van der Waals surface area contributed by atoms with E-state index < -0.39 is 0 Å². The van der Waals surface area contributed by atoms with Gasteiger partial charge in [-0.3, -0.25) is 4.90 Å². The summed E-state index contributed by atoms with van der Waals surface area (Å²) in [6.07, 6.45) is 2.85. The fourth-order valence-corrected chi connectivity index (χ4v) is 5.15. The van der Waals surface area contributed by atoms with Crippen molar-refractivity contribution in [3.05, 3.63) is 59.7 Å². The van der Waals surface area contributed by atoms with Gasteiger partial charge >= 0.3 is 6.03 Å². The number of aliphatic hydroxyl groups excluding tert-OH is 1. The lowest BCUT2D eigenvalue weighted by Gasteiger charge is -2.57. The van der Waals surface area contributed by atoms with Gasteiger partial charge in [0.2, 0.25) is 0 Å². The second kappa shape index (κ2) is 11.6. The Kier molecular flexibility index (Phi) is 8.33. The Balaban J connectivity index is 1.47. The third kappa shape index (κ3) is 5.98. The first kappa shape index (κ1) is 25.1. The molecule has 2 fully saturated rings. The predicted molar refractivity (Wildman–Crippen MR) is 140 cm³/mol. The Hall–Kier alpha value is -3.01. The van der Waals surface area contributed by atoms with Crippen LogP contribution in [0.2, 0.25) is 0 Å². The molecule has 3 atom stereocenters. The van der Waals surface area contributed by atoms with E-state index in [1.54, 1.807) is 7.11 Å². The number of rotatable bonds is 5. The van der Waals surface area contributed by atoms with Crippen LogP contribution < -0.4 is 10.1 Å². The number of nitrogens with one attached hydrogen (secondary N) is 1. The summed E-state index contributed by atoms with van der Waals surface area (Å²) in [6.45, 7) is 6.79. The average Bonchev–Trinajstić information content (AvgIpc) is 2.84. The number of ether oxygens (including phenoxy) is 1. The van der Waals surface area contributed by atoms with Crippen LogP contribution in [0, 0.1) is 17.8 Å². The molecule has 0 aromatic heterocycles. The zero-order chi connectivity index (χ0) is 24.8. The molecule has 4 rings (SSSR count). The molecule has 0 bridgehead atoms. The highest BCUT2D eigenvalue weighted by Crippen LogP contribution is 2.42.